The van der Waals surface area contributed by atoms with Gasteiger partial charge in [-0.05, 0) is 24.6 Å². The van der Waals surface area contributed by atoms with Crippen LogP contribution in [0.2, 0.25) is 0 Å². The highest BCUT2D eigenvalue weighted by Crippen LogP contribution is 2.24. The van der Waals surface area contributed by atoms with Gasteiger partial charge in [-0.1, -0.05) is 12.1 Å². The van der Waals surface area contributed by atoms with Gasteiger partial charge in [0.2, 0.25) is 5.91 Å². The molecule has 0 radical (unpaired) electrons. The number of carbonyl (C=O) groups excluding carboxylic acids is 1. The van der Waals surface area contributed by atoms with Crippen molar-refractivity contribution in [2.45, 2.75) is 25.3 Å². The van der Waals surface area contributed by atoms with E-state index in [2.05, 4.69) is 10.6 Å². The van der Waals surface area contributed by atoms with Crippen molar-refractivity contribution >= 4 is 18.3 Å². The molecule has 1 aliphatic heterocycles. The van der Waals surface area contributed by atoms with Crippen LogP contribution in [0.15, 0.2) is 24.3 Å². The molecule has 1 unspecified atom stereocenters. The van der Waals surface area contributed by atoms with Crippen LogP contribution >= 0.6 is 12.4 Å². The highest BCUT2D eigenvalue weighted by molar-refractivity contribution is 5.85. The zero-order valence-electron chi connectivity index (χ0n) is 11.7. The number of hydrogen-bond donors (Lipinski definition) is 2. The first kappa shape index (κ1) is 17.7. The average Bonchev–Trinajstić information content (AvgIpc) is 2.75. The minimum absolute atomic E-state index is 0. The van der Waals surface area contributed by atoms with Gasteiger partial charge in [0, 0.05) is 6.42 Å². The number of ether oxygens (including phenoxy) is 1. The molecule has 0 aromatic heterocycles. The molecule has 1 atom stereocenters. The molecule has 2 N–H and O–H groups in total. The molecular weight excluding hydrogens is 302 g/mol. The smallest absolute Gasteiger partial charge is 0.262 e. The van der Waals surface area contributed by atoms with Gasteiger partial charge in [-0.25, -0.2) is 8.78 Å². The van der Waals surface area contributed by atoms with E-state index in [0.29, 0.717) is 6.61 Å². The molecular formula is C14H19ClF2N2O2. The van der Waals surface area contributed by atoms with Crippen LogP contribution in [0.3, 0.4) is 0 Å². The van der Waals surface area contributed by atoms with Crippen LogP contribution in [-0.2, 0) is 4.79 Å². The highest BCUT2D eigenvalue weighted by atomic mass is 35.5. The second-order valence-electron chi connectivity index (χ2n) is 4.95. The third kappa shape index (κ3) is 5.47. The Bertz CT molecular complexity index is 486. The Labute approximate surface area is 128 Å². The van der Waals surface area contributed by atoms with E-state index in [4.69, 9.17) is 4.74 Å². The standard InChI is InChI=1S/C14H18F2N2O2.ClH/c1-10-3-2-4-11(7-10)20-6-5-17-13(19)12-8-14(15,16)9-18-12;/h2-4,7,12,18H,5-6,8-9H2,1H3,(H,17,19);1H. The first-order valence-electron chi connectivity index (χ1n) is 6.55. The van der Waals surface area contributed by atoms with E-state index in [1.165, 1.54) is 0 Å². The van der Waals surface area contributed by atoms with Crippen LogP contribution in [0.5, 0.6) is 5.75 Å². The number of alkyl halides is 2. The van der Waals surface area contributed by atoms with Crippen molar-refractivity contribution in [1.29, 1.82) is 0 Å². The molecule has 1 fully saturated rings. The van der Waals surface area contributed by atoms with Gasteiger partial charge in [-0.15, -0.1) is 12.4 Å². The summed E-state index contributed by atoms with van der Waals surface area (Å²) in [5.41, 5.74) is 1.09. The molecule has 1 aromatic rings. The second kappa shape index (κ2) is 7.56. The minimum atomic E-state index is -2.79. The van der Waals surface area contributed by atoms with Gasteiger partial charge in [0.05, 0.1) is 19.1 Å². The van der Waals surface area contributed by atoms with E-state index in [-0.39, 0.29) is 19.0 Å². The summed E-state index contributed by atoms with van der Waals surface area (Å²) in [6.45, 7) is 2.11. The van der Waals surface area contributed by atoms with Crippen molar-refractivity contribution in [3.05, 3.63) is 29.8 Å². The summed E-state index contributed by atoms with van der Waals surface area (Å²) in [6.07, 6.45) is -0.447. The molecule has 0 bridgehead atoms. The maximum Gasteiger partial charge on any atom is 0.262 e. The molecule has 1 aromatic carbocycles. The molecule has 0 saturated carbocycles. The largest absolute Gasteiger partial charge is 0.492 e. The number of amides is 1. The number of carbonyl (C=O) groups is 1. The lowest BCUT2D eigenvalue weighted by atomic mass is 10.2. The summed E-state index contributed by atoms with van der Waals surface area (Å²) in [5, 5.41) is 5.10. The van der Waals surface area contributed by atoms with E-state index < -0.39 is 30.8 Å². The fraction of sp³-hybridized carbons (Fsp3) is 0.500. The zero-order chi connectivity index (χ0) is 14.6. The topological polar surface area (TPSA) is 50.4 Å². The molecule has 1 saturated heterocycles. The van der Waals surface area contributed by atoms with Gasteiger partial charge < -0.3 is 10.1 Å². The van der Waals surface area contributed by atoms with Crippen molar-refractivity contribution in [2.24, 2.45) is 0 Å². The van der Waals surface area contributed by atoms with E-state index >= 15 is 0 Å². The van der Waals surface area contributed by atoms with Crippen molar-refractivity contribution in [2.75, 3.05) is 19.7 Å². The van der Waals surface area contributed by atoms with Gasteiger partial charge in [0.15, 0.2) is 0 Å². The van der Waals surface area contributed by atoms with E-state index in [0.717, 1.165) is 11.3 Å². The predicted octanol–water partition coefficient (Wildman–Crippen LogP) is 1.91. The Morgan fingerprint density at radius 2 is 2.29 bits per heavy atom. The lowest BCUT2D eigenvalue weighted by Gasteiger charge is -2.12. The van der Waals surface area contributed by atoms with Gasteiger partial charge in [-0.2, -0.15) is 0 Å². The molecule has 0 aliphatic carbocycles. The summed E-state index contributed by atoms with van der Waals surface area (Å²) < 4.78 is 31.3. The van der Waals surface area contributed by atoms with Crippen LogP contribution in [0.25, 0.3) is 0 Å². The van der Waals surface area contributed by atoms with Crippen LogP contribution in [-0.4, -0.2) is 37.6 Å². The van der Waals surface area contributed by atoms with Crippen molar-refractivity contribution < 1.29 is 18.3 Å². The summed E-state index contributed by atoms with van der Waals surface area (Å²) >= 11 is 0. The molecule has 0 spiro atoms. The van der Waals surface area contributed by atoms with Crippen molar-refractivity contribution in [3.8, 4) is 5.75 Å². The van der Waals surface area contributed by atoms with Crippen LogP contribution in [0.4, 0.5) is 8.78 Å². The third-order valence-corrected chi connectivity index (χ3v) is 3.09. The predicted molar refractivity (Wildman–Crippen MR) is 78.3 cm³/mol. The maximum absolute atomic E-state index is 12.9. The fourth-order valence-electron chi connectivity index (χ4n) is 2.07. The molecule has 1 amide bonds. The lowest BCUT2D eigenvalue weighted by molar-refractivity contribution is -0.123. The maximum atomic E-state index is 12.9. The molecule has 1 aliphatic rings. The van der Waals surface area contributed by atoms with E-state index in [9.17, 15) is 13.6 Å². The first-order chi connectivity index (χ1) is 9.46. The summed E-state index contributed by atoms with van der Waals surface area (Å²) in [4.78, 5) is 11.6. The Balaban J connectivity index is 0.00000220. The van der Waals surface area contributed by atoms with Crippen LogP contribution < -0.4 is 15.4 Å². The zero-order valence-corrected chi connectivity index (χ0v) is 12.5. The Morgan fingerprint density at radius 3 is 2.90 bits per heavy atom. The molecule has 7 heteroatoms. The Kier molecular flexibility index (Phi) is 6.36. The fourth-order valence-corrected chi connectivity index (χ4v) is 2.07. The average molecular weight is 321 g/mol. The first-order valence-corrected chi connectivity index (χ1v) is 6.55. The number of aryl methyl sites for hydroxylation is 1. The number of benzene rings is 1. The summed E-state index contributed by atoms with van der Waals surface area (Å²) in [7, 11) is 0. The van der Waals surface area contributed by atoms with E-state index in [1.54, 1.807) is 0 Å². The third-order valence-electron chi connectivity index (χ3n) is 3.09. The Morgan fingerprint density at radius 1 is 1.52 bits per heavy atom. The highest BCUT2D eigenvalue weighted by Gasteiger charge is 2.42. The monoisotopic (exact) mass is 320 g/mol. The van der Waals surface area contributed by atoms with Crippen LogP contribution in [0.1, 0.15) is 12.0 Å². The van der Waals surface area contributed by atoms with E-state index in [1.807, 2.05) is 31.2 Å². The van der Waals surface area contributed by atoms with Gasteiger partial charge in [0.25, 0.3) is 5.92 Å². The van der Waals surface area contributed by atoms with Crippen molar-refractivity contribution in [3.63, 3.8) is 0 Å². The molecule has 2 rings (SSSR count). The SMILES string of the molecule is Cc1cccc(OCCNC(=O)C2CC(F)(F)CN2)c1.Cl. The Hall–Kier alpha value is -1.40. The minimum Gasteiger partial charge on any atom is -0.492 e. The second-order valence-corrected chi connectivity index (χ2v) is 4.95. The van der Waals surface area contributed by atoms with Gasteiger partial charge >= 0.3 is 0 Å². The normalized spacial score (nSPS) is 19.7. The summed E-state index contributed by atoms with van der Waals surface area (Å²) in [5.74, 6) is -2.47. The molecule has 21 heavy (non-hydrogen) atoms. The number of halogens is 3. The molecule has 118 valence electrons. The lowest BCUT2D eigenvalue weighted by Crippen LogP contribution is -2.41. The van der Waals surface area contributed by atoms with Gasteiger partial charge in [0.1, 0.15) is 12.4 Å². The molecule has 4 nitrogen and oxygen atoms in total. The van der Waals surface area contributed by atoms with Crippen LogP contribution in [0, 0.1) is 6.92 Å². The number of rotatable bonds is 5. The molecule has 1 heterocycles. The van der Waals surface area contributed by atoms with Gasteiger partial charge in [-0.3, -0.25) is 10.1 Å². The number of nitrogens with one attached hydrogen (secondary N) is 2. The number of hydrogen-bond acceptors (Lipinski definition) is 3. The summed E-state index contributed by atoms with van der Waals surface area (Å²) in [6, 6.07) is 6.74. The van der Waals surface area contributed by atoms with Crippen molar-refractivity contribution in [1.82, 2.24) is 10.6 Å². The quantitative estimate of drug-likeness (QED) is 0.815.